The molecule has 2 fully saturated rings. The number of carbonyl (C=O) groups is 1. The molecule has 0 radical (unpaired) electrons. The molecule has 2 rings (SSSR count). The molecule has 1 aliphatic carbocycles. The molecule has 0 bridgehead atoms. The van der Waals surface area contributed by atoms with Gasteiger partial charge in [-0.05, 0) is 39.2 Å². The number of β-amino-alcohol motifs (C(OH)–C–C–N with tert-alkyl or cyclic N) is 1. The van der Waals surface area contributed by atoms with Gasteiger partial charge in [-0.1, -0.05) is 6.92 Å². The summed E-state index contributed by atoms with van der Waals surface area (Å²) in [4.78, 5) is 16.1. The van der Waals surface area contributed by atoms with E-state index in [0.717, 1.165) is 13.0 Å². The first-order valence-corrected chi connectivity index (χ1v) is 7.41. The number of aliphatic hydroxyl groups excluding tert-OH is 1. The van der Waals surface area contributed by atoms with Gasteiger partial charge >= 0.3 is 6.03 Å². The van der Waals surface area contributed by atoms with Crippen molar-refractivity contribution in [2.24, 2.45) is 5.92 Å². The summed E-state index contributed by atoms with van der Waals surface area (Å²) in [6, 6.07) is 1.04. The lowest BCUT2D eigenvalue weighted by Gasteiger charge is -2.34. The SMILES string of the molecule is CC1CCN(C(=O)NCC(C)N(C)C2CC2)CC1O. The van der Waals surface area contributed by atoms with Crippen molar-refractivity contribution in [1.29, 1.82) is 0 Å². The van der Waals surface area contributed by atoms with Gasteiger partial charge in [0, 0.05) is 31.7 Å². The van der Waals surface area contributed by atoms with Crippen molar-refractivity contribution in [3.05, 3.63) is 0 Å². The minimum absolute atomic E-state index is 0.0398. The molecule has 19 heavy (non-hydrogen) atoms. The molecule has 110 valence electrons. The molecule has 0 aromatic heterocycles. The summed E-state index contributed by atoms with van der Waals surface area (Å²) in [6.07, 6.45) is 3.06. The zero-order chi connectivity index (χ0) is 14.0. The van der Waals surface area contributed by atoms with Crippen LogP contribution in [0, 0.1) is 5.92 Å². The quantitative estimate of drug-likeness (QED) is 0.796. The third-order valence-corrected chi connectivity index (χ3v) is 4.57. The number of aliphatic hydroxyl groups is 1. The van der Waals surface area contributed by atoms with E-state index in [1.54, 1.807) is 4.90 Å². The van der Waals surface area contributed by atoms with Crippen LogP contribution in [0.3, 0.4) is 0 Å². The molecular formula is C14H27N3O2. The summed E-state index contributed by atoms with van der Waals surface area (Å²) in [5, 5.41) is 12.8. The maximum Gasteiger partial charge on any atom is 0.317 e. The van der Waals surface area contributed by atoms with Crippen LogP contribution in [0.4, 0.5) is 4.79 Å². The summed E-state index contributed by atoms with van der Waals surface area (Å²) in [5.74, 6) is 0.295. The van der Waals surface area contributed by atoms with Crippen molar-refractivity contribution < 1.29 is 9.90 Å². The van der Waals surface area contributed by atoms with Gasteiger partial charge in [-0.25, -0.2) is 4.79 Å². The van der Waals surface area contributed by atoms with Gasteiger partial charge in [-0.3, -0.25) is 4.90 Å². The Bertz CT molecular complexity index is 320. The minimum Gasteiger partial charge on any atom is -0.391 e. The number of hydrogen-bond donors (Lipinski definition) is 2. The van der Waals surface area contributed by atoms with E-state index >= 15 is 0 Å². The molecule has 5 heteroatoms. The smallest absolute Gasteiger partial charge is 0.317 e. The van der Waals surface area contributed by atoms with Crippen molar-refractivity contribution in [2.45, 2.75) is 51.3 Å². The highest BCUT2D eigenvalue weighted by atomic mass is 16.3. The Labute approximate surface area is 115 Å². The van der Waals surface area contributed by atoms with E-state index in [4.69, 9.17) is 0 Å². The number of urea groups is 1. The van der Waals surface area contributed by atoms with E-state index in [2.05, 4.69) is 24.2 Å². The van der Waals surface area contributed by atoms with Crippen LogP contribution in [0.1, 0.15) is 33.1 Å². The van der Waals surface area contributed by atoms with Gasteiger partial charge in [-0.15, -0.1) is 0 Å². The van der Waals surface area contributed by atoms with Crippen molar-refractivity contribution >= 4 is 6.03 Å². The van der Waals surface area contributed by atoms with E-state index in [1.807, 2.05) is 6.92 Å². The largest absolute Gasteiger partial charge is 0.391 e. The molecule has 1 saturated heterocycles. The number of piperidine rings is 1. The Morgan fingerprint density at radius 2 is 2.16 bits per heavy atom. The lowest BCUT2D eigenvalue weighted by molar-refractivity contribution is 0.0432. The minimum atomic E-state index is -0.383. The highest BCUT2D eigenvalue weighted by Gasteiger charge is 2.30. The molecule has 1 aliphatic heterocycles. The number of nitrogens with one attached hydrogen (secondary N) is 1. The number of rotatable bonds is 4. The van der Waals surface area contributed by atoms with Crippen LogP contribution in [0.25, 0.3) is 0 Å². The lowest BCUT2D eigenvalue weighted by atomic mass is 9.96. The summed E-state index contributed by atoms with van der Waals surface area (Å²) in [6.45, 7) is 6.06. The number of likely N-dealkylation sites (N-methyl/N-ethyl adjacent to an activating group) is 1. The molecule has 0 spiro atoms. The number of amides is 2. The van der Waals surface area contributed by atoms with Crippen LogP contribution in [0.5, 0.6) is 0 Å². The molecule has 2 N–H and O–H groups in total. The second-order valence-electron chi connectivity index (χ2n) is 6.21. The Kier molecular flexibility index (Phi) is 4.68. The fraction of sp³-hybridized carbons (Fsp3) is 0.929. The monoisotopic (exact) mass is 269 g/mol. The van der Waals surface area contributed by atoms with Crippen LogP contribution in [-0.2, 0) is 0 Å². The second-order valence-corrected chi connectivity index (χ2v) is 6.21. The van der Waals surface area contributed by atoms with E-state index in [9.17, 15) is 9.90 Å². The average molecular weight is 269 g/mol. The van der Waals surface area contributed by atoms with E-state index in [-0.39, 0.29) is 12.1 Å². The zero-order valence-corrected chi connectivity index (χ0v) is 12.3. The summed E-state index contributed by atoms with van der Waals surface area (Å²) in [7, 11) is 2.13. The summed E-state index contributed by atoms with van der Waals surface area (Å²) < 4.78 is 0. The molecule has 2 amide bonds. The topological polar surface area (TPSA) is 55.8 Å². The molecule has 5 nitrogen and oxygen atoms in total. The Balaban J connectivity index is 1.71. The number of hydrogen-bond acceptors (Lipinski definition) is 3. The lowest BCUT2D eigenvalue weighted by Crippen LogP contribution is -2.51. The van der Waals surface area contributed by atoms with Gasteiger partial charge in [-0.2, -0.15) is 0 Å². The van der Waals surface area contributed by atoms with Crippen molar-refractivity contribution in [1.82, 2.24) is 15.1 Å². The molecule has 0 aromatic carbocycles. The van der Waals surface area contributed by atoms with Gasteiger partial charge in [0.2, 0.25) is 0 Å². The number of nitrogens with zero attached hydrogens (tertiary/aromatic N) is 2. The molecule has 2 aliphatic rings. The van der Waals surface area contributed by atoms with Gasteiger partial charge in [0.05, 0.1) is 6.10 Å². The first kappa shape index (κ1) is 14.6. The van der Waals surface area contributed by atoms with E-state index in [0.29, 0.717) is 31.1 Å². The van der Waals surface area contributed by atoms with Crippen LogP contribution in [-0.4, -0.2) is 65.8 Å². The van der Waals surface area contributed by atoms with Gasteiger partial charge in [0.1, 0.15) is 0 Å². The average Bonchev–Trinajstić information content (AvgIpc) is 3.22. The number of carbonyl (C=O) groups excluding carboxylic acids is 1. The third-order valence-electron chi connectivity index (χ3n) is 4.57. The van der Waals surface area contributed by atoms with Crippen LogP contribution in [0.2, 0.25) is 0 Å². The van der Waals surface area contributed by atoms with Crippen molar-refractivity contribution in [3.8, 4) is 0 Å². The predicted octanol–water partition coefficient (Wildman–Crippen LogP) is 0.881. The maximum absolute atomic E-state index is 12.0. The normalized spacial score (nSPS) is 29.4. The third kappa shape index (κ3) is 3.83. The first-order chi connectivity index (χ1) is 8.99. The van der Waals surface area contributed by atoms with E-state index in [1.165, 1.54) is 12.8 Å². The summed E-state index contributed by atoms with van der Waals surface area (Å²) >= 11 is 0. The molecule has 1 saturated carbocycles. The van der Waals surface area contributed by atoms with Gasteiger partial charge in [0.15, 0.2) is 0 Å². The van der Waals surface area contributed by atoms with Gasteiger partial charge < -0.3 is 15.3 Å². The van der Waals surface area contributed by atoms with Crippen LogP contribution >= 0.6 is 0 Å². The van der Waals surface area contributed by atoms with Gasteiger partial charge in [0.25, 0.3) is 0 Å². The zero-order valence-electron chi connectivity index (χ0n) is 12.3. The fourth-order valence-electron chi connectivity index (χ4n) is 2.57. The fourth-order valence-corrected chi connectivity index (χ4v) is 2.57. The Morgan fingerprint density at radius 3 is 2.74 bits per heavy atom. The van der Waals surface area contributed by atoms with Crippen LogP contribution < -0.4 is 5.32 Å². The van der Waals surface area contributed by atoms with Crippen LogP contribution in [0.15, 0.2) is 0 Å². The highest BCUT2D eigenvalue weighted by molar-refractivity contribution is 5.74. The van der Waals surface area contributed by atoms with Crippen molar-refractivity contribution in [3.63, 3.8) is 0 Å². The first-order valence-electron chi connectivity index (χ1n) is 7.41. The Morgan fingerprint density at radius 1 is 1.47 bits per heavy atom. The molecule has 0 aromatic rings. The summed E-state index contributed by atoms with van der Waals surface area (Å²) in [5.41, 5.74) is 0. The standard InChI is InChI=1S/C14H27N3O2/c1-10-6-7-17(9-13(10)18)14(19)15-8-11(2)16(3)12-4-5-12/h10-13,18H,4-9H2,1-3H3,(H,15,19). The second kappa shape index (κ2) is 6.09. The predicted molar refractivity (Wildman–Crippen MR) is 75.0 cm³/mol. The Hall–Kier alpha value is -0.810. The molecule has 3 atom stereocenters. The highest BCUT2D eigenvalue weighted by Crippen LogP contribution is 2.26. The maximum atomic E-state index is 12.0. The molecule has 1 heterocycles. The molecule has 3 unspecified atom stereocenters. The molecular weight excluding hydrogens is 242 g/mol. The van der Waals surface area contributed by atoms with Crippen molar-refractivity contribution in [2.75, 3.05) is 26.7 Å². The number of likely N-dealkylation sites (tertiary alicyclic amines) is 1. The van der Waals surface area contributed by atoms with E-state index < -0.39 is 0 Å².